The molecule has 0 saturated carbocycles. The van der Waals surface area contributed by atoms with E-state index in [2.05, 4.69) is 11.0 Å². The minimum atomic E-state index is -0.541. The van der Waals surface area contributed by atoms with Crippen molar-refractivity contribution in [2.45, 2.75) is 45.6 Å². The Morgan fingerprint density at radius 2 is 2.29 bits per heavy atom. The van der Waals surface area contributed by atoms with Crippen molar-refractivity contribution in [1.29, 1.82) is 5.26 Å². The Morgan fingerprint density at radius 1 is 1.57 bits per heavy atom. The molecule has 1 saturated heterocycles. The molecule has 1 aliphatic heterocycles. The van der Waals surface area contributed by atoms with Gasteiger partial charge in [0.25, 0.3) is 5.91 Å². The molecule has 1 atom stereocenters. The first-order valence-electron chi connectivity index (χ1n) is 7.36. The van der Waals surface area contributed by atoms with Crippen molar-refractivity contribution in [3.63, 3.8) is 0 Å². The Kier molecular flexibility index (Phi) is 4.38. The number of nitrogens with two attached hydrogens (primary N) is 1. The molecule has 1 aliphatic rings. The molecule has 0 spiro atoms. The number of piperidine rings is 1. The van der Waals surface area contributed by atoms with Crippen molar-refractivity contribution >= 4 is 5.91 Å². The van der Waals surface area contributed by atoms with E-state index in [4.69, 9.17) is 15.4 Å². The minimum absolute atomic E-state index is 0.0966. The number of hydrogen-bond donors (Lipinski definition) is 1. The molecule has 21 heavy (non-hydrogen) atoms. The average Bonchev–Trinajstić information content (AvgIpc) is 2.83. The van der Waals surface area contributed by atoms with Crippen molar-refractivity contribution < 1.29 is 9.21 Å². The van der Waals surface area contributed by atoms with Gasteiger partial charge >= 0.3 is 0 Å². The Labute approximate surface area is 125 Å². The highest BCUT2D eigenvalue weighted by molar-refractivity contribution is 5.90. The lowest BCUT2D eigenvalue weighted by atomic mass is 9.90. The molecule has 1 aromatic heterocycles. The molecule has 114 valence electrons. The Balaban J connectivity index is 2.22. The van der Waals surface area contributed by atoms with Crippen LogP contribution >= 0.6 is 0 Å². The Hall–Kier alpha value is -1.80. The summed E-state index contributed by atoms with van der Waals surface area (Å²) in [6.45, 7) is 8.59. The standard InChI is InChI=1S/C16H23N3O2/c1-16(2,3)14-12(7-13(21-14)15(18)20)10-19-6-4-5-11(8-17)9-19/h7,11H,4-6,9-10H2,1-3H3,(H2,18,20). The zero-order valence-corrected chi connectivity index (χ0v) is 13.0. The van der Waals surface area contributed by atoms with Crippen molar-refractivity contribution in [2.75, 3.05) is 13.1 Å². The topological polar surface area (TPSA) is 83.3 Å². The van der Waals surface area contributed by atoms with Gasteiger partial charge in [0.15, 0.2) is 5.76 Å². The first-order chi connectivity index (χ1) is 9.81. The van der Waals surface area contributed by atoms with Crippen LogP contribution in [0, 0.1) is 17.2 Å². The number of primary amides is 1. The second-order valence-corrected chi connectivity index (χ2v) is 6.78. The molecule has 1 fully saturated rings. The summed E-state index contributed by atoms with van der Waals surface area (Å²) in [7, 11) is 0. The van der Waals surface area contributed by atoms with Crippen LogP contribution in [-0.2, 0) is 12.0 Å². The highest BCUT2D eigenvalue weighted by Gasteiger charge is 2.27. The molecule has 5 heteroatoms. The van der Waals surface area contributed by atoms with Crippen molar-refractivity contribution in [2.24, 2.45) is 11.7 Å². The number of hydrogen-bond acceptors (Lipinski definition) is 4. The summed E-state index contributed by atoms with van der Waals surface area (Å²) in [5.41, 5.74) is 6.13. The van der Waals surface area contributed by atoms with Crippen molar-refractivity contribution in [3.05, 3.63) is 23.2 Å². The number of likely N-dealkylation sites (tertiary alicyclic amines) is 1. The van der Waals surface area contributed by atoms with Crippen molar-refractivity contribution in [3.8, 4) is 6.07 Å². The van der Waals surface area contributed by atoms with E-state index in [9.17, 15) is 4.79 Å². The van der Waals surface area contributed by atoms with E-state index in [0.29, 0.717) is 6.54 Å². The van der Waals surface area contributed by atoms with Crippen LogP contribution in [0.2, 0.25) is 0 Å². The fraction of sp³-hybridized carbons (Fsp3) is 0.625. The van der Waals surface area contributed by atoms with E-state index >= 15 is 0 Å². The van der Waals surface area contributed by atoms with E-state index in [1.807, 2.05) is 20.8 Å². The predicted molar refractivity (Wildman–Crippen MR) is 79.5 cm³/mol. The molecule has 0 bridgehead atoms. The summed E-state index contributed by atoms with van der Waals surface area (Å²) in [4.78, 5) is 13.6. The molecular formula is C16H23N3O2. The normalized spacial score (nSPS) is 20.2. The van der Waals surface area contributed by atoms with Crippen LogP contribution in [0.15, 0.2) is 10.5 Å². The van der Waals surface area contributed by atoms with E-state index in [-0.39, 0.29) is 17.1 Å². The van der Waals surface area contributed by atoms with Gasteiger partial charge < -0.3 is 10.2 Å². The quantitative estimate of drug-likeness (QED) is 0.926. The van der Waals surface area contributed by atoms with Gasteiger partial charge in [-0.25, -0.2) is 0 Å². The zero-order valence-electron chi connectivity index (χ0n) is 13.0. The first-order valence-corrected chi connectivity index (χ1v) is 7.36. The Morgan fingerprint density at radius 3 is 2.86 bits per heavy atom. The highest BCUT2D eigenvalue weighted by atomic mass is 16.4. The molecule has 5 nitrogen and oxygen atoms in total. The molecular weight excluding hydrogens is 266 g/mol. The number of nitrogens with zero attached hydrogens (tertiary/aromatic N) is 2. The van der Waals surface area contributed by atoms with Crippen LogP contribution in [0.1, 0.15) is 55.5 Å². The summed E-state index contributed by atoms with van der Waals surface area (Å²) < 4.78 is 5.67. The van der Waals surface area contributed by atoms with E-state index in [1.165, 1.54) is 0 Å². The summed E-state index contributed by atoms with van der Waals surface area (Å²) in [6.07, 6.45) is 2.00. The van der Waals surface area contributed by atoms with Crippen LogP contribution in [-0.4, -0.2) is 23.9 Å². The first kappa shape index (κ1) is 15.6. The lowest BCUT2D eigenvalue weighted by Crippen LogP contribution is -2.34. The number of amides is 1. The zero-order chi connectivity index (χ0) is 15.6. The summed E-state index contributed by atoms with van der Waals surface area (Å²) in [5, 5.41) is 9.08. The van der Waals surface area contributed by atoms with Crippen LogP contribution in [0.3, 0.4) is 0 Å². The van der Waals surface area contributed by atoms with Crippen molar-refractivity contribution in [1.82, 2.24) is 4.90 Å². The molecule has 1 aromatic rings. The van der Waals surface area contributed by atoms with Gasteiger partial charge in [-0.2, -0.15) is 5.26 Å². The van der Waals surface area contributed by atoms with Gasteiger partial charge in [0.1, 0.15) is 5.76 Å². The second-order valence-electron chi connectivity index (χ2n) is 6.78. The molecule has 1 amide bonds. The maximum Gasteiger partial charge on any atom is 0.284 e. The van der Waals surface area contributed by atoms with Crippen LogP contribution < -0.4 is 5.73 Å². The monoisotopic (exact) mass is 289 g/mol. The van der Waals surface area contributed by atoms with Gasteiger partial charge in [0.2, 0.25) is 0 Å². The molecule has 0 aliphatic carbocycles. The van der Waals surface area contributed by atoms with Gasteiger partial charge in [0, 0.05) is 24.1 Å². The van der Waals surface area contributed by atoms with E-state index in [0.717, 1.165) is 37.3 Å². The van der Waals surface area contributed by atoms with Crippen LogP contribution in [0.4, 0.5) is 0 Å². The smallest absolute Gasteiger partial charge is 0.284 e. The maximum absolute atomic E-state index is 11.4. The third-order valence-corrected chi connectivity index (χ3v) is 3.82. The maximum atomic E-state index is 11.4. The fourth-order valence-corrected chi connectivity index (χ4v) is 2.85. The summed E-state index contributed by atoms with van der Waals surface area (Å²) in [5.74, 6) is 0.568. The summed E-state index contributed by atoms with van der Waals surface area (Å²) in [6, 6.07) is 4.10. The Bertz CT molecular complexity index is 563. The molecule has 0 aromatic carbocycles. The summed E-state index contributed by atoms with van der Waals surface area (Å²) >= 11 is 0. The molecule has 1 unspecified atom stereocenters. The largest absolute Gasteiger partial charge is 0.455 e. The van der Waals surface area contributed by atoms with Gasteiger partial charge in [-0.15, -0.1) is 0 Å². The number of furan rings is 1. The van der Waals surface area contributed by atoms with Crippen LogP contribution in [0.25, 0.3) is 0 Å². The lowest BCUT2D eigenvalue weighted by Gasteiger charge is -2.30. The second kappa shape index (κ2) is 5.90. The van der Waals surface area contributed by atoms with Gasteiger partial charge in [0.05, 0.1) is 12.0 Å². The number of rotatable bonds is 3. The third-order valence-electron chi connectivity index (χ3n) is 3.82. The minimum Gasteiger partial charge on any atom is -0.455 e. The van der Waals surface area contributed by atoms with E-state index < -0.39 is 5.91 Å². The third kappa shape index (κ3) is 3.64. The fourth-order valence-electron chi connectivity index (χ4n) is 2.85. The highest BCUT2D eigenvalue weighted by Crippen LogP contribution is 2.30. The average molecular weight is 289 g/mol. The lowest BCUT2D eigenvalue weighted by molar-refractivity contribution is 0.0970. The van der Waals surface area contributed by atoms with E-state index in [1.54, 1.807) is 6.07 Å². The molecule has 2 heterocycles. The predicted octanol–water partition coefficient (Wildman–Crippen LogP) is 2.41. The SMILES string of the molecule is CC(C)(C)c1oc(C(N)=O)cc1CN1CCCC(C#N)C1. The van der Waals surface area contributed by atoms with Gasteiger partial charge in [-0.3, -0.25) is 9.69 Å². The number of carbonyl (C=O) groups excluding carboxylic acids is 1. The molecule has 2 N–H and O–H groups in total. The molecule has 0 radical (unpaired) electrons. The van der Waals surface area contributed by atoms with Crippen LogP contribution in [0.5, 0.6) is 0 Å². The number of nitriles is 1. The number of carbonyl (C=O) groups is 1. The van der Waals surface area contributed by atoms with Gasteiger partial charge in [-0.1, -0.05) is 20.8 Å². The molecule has 2 rings (SSSR count). The van der Waals surface area contributed by atoms with Gasteiger partial charge in [-0.05, 0) is 25.5 Å².